The number of carbonyl (C=O) groups excluding carboxylic acids is 2. The highest BCUT2D eigenvalue weighted by atomic mass is 35.5. The number of hydrogen-bond acceptors (Lipinski definition) is 12. The summed E-state index contributed by atoms with van der Waals surface area (Å²) in [6, 6.07) is 5.00. The fraction of sp³-hybridized carbons (Fsp3) is 0.417. The smallest absolute Gasteiger partial charge is 0.424 e. The van der Waals surface area contributed by atoms with E-state index >= 15 is 0 Å². The Hall–Kier alpha value is -3.00. The SMILES string of the molecule is CC(=O)[C@]1(O)CO[C@H]2[C@@H]1OC[C@@]2(O)OC(=O)OC1=C(C)NC(C)=C(c2nnco2)C1c1cccc(Cl)c1Cl. The average Bonchev–Trinajstić information content (AvgIpc) is 3.57. The molecule has 2 saturated heterocycles. The monoisotopic (exact) mass is 567 g/mol. The molecule has 1 aromatic carbocycles. The van der Waals surface area contributed by atoms with Gasteiger partial charge in [0, 0.05) is 5.70 Å². The predicted molar refractivity (Wildman–Crippen MR) is 130 cm³/mol. The minimum atomic E-state index is -2.33. The van der Waals surface area contributed by atoms with E-state index in [0.717, 1.165) is 6.39 Å². The summed E-state index contributed by atoms with van der Waals surface area (Å²) in [5, 5.41) is 33.0. The molecule has 38 heavy (non-hydrogen) atoms. The summed E-state index contributed by atoms with van der Waals surface area (Å²) in [6.07, 6.45) is -2.70. The number of hydrogen-bond donors (Lipinski definition) is 3. The van der Waals surface area contributed by atoms with Crippen molar-refractivity contribution in [2.75, 3.05) is 13.2 Å². The van der Waals surface area contributed by atoms with Gasteiger partial charge in [-0.1, -0.05) is 35.3 Å². The molecule has 3 aliphatic rings. The van der Waals surface area contributed by atoms with Crippen LogP contribution in [0.15, 0.2) is 46.2 Å². The van der Waals surface area contributed by atoms with E-state index in [2.05, 4.69) is 15.5 Å². The van der Waals surface area contributed by atoms with E-state index < -0.39 is 54.7 Å². The Bertz CT molecular complexity index is 1360. The van der Waals surface area contributed by atoms with Crippen molar-refractivity contribution in [2.45, 2.75) is 50.3 Å². The second-order valence-corrected chi connectivity index (χ2v) is 10.0. The Balaban J connectivity index is 1.46. The normalized spacial score (nSPS) is 30.8. The molecule has 0 amide bonds. The van der Waals surface area contributed by atoms with Crippen molar-refractivity contribution in [3.05, 3.63) is 63.2 Å². The van der Waals surface area contributed by atoms with Crippen LogP contribution in [0, 0.1) is 0 Å². The van der Waals surface area contributed by atoms with Gasteiger partial charge in [-0.25, -0.2) is 4.79 Å². The standard InChI is InChI=1S/C24H23Cl2N3O9/c1-10-15(21-29-27-9-36-21)16(13-5-4-6-14(25)17(13)26)18(11(2)28-10)37-22(31)38-24(33)8-35-19-20(24)34-7-23(19,32)12(3)30/h4-6,9,16,19-20,28,32-33H,7-8H2,1-3H3/t16?,19-,20-,23+,24+/m0/s1. The number of dihydropyridines is 1. The van der Waals surface area contributed by atoms with Crippen molar-refractivity contribution in [1.29, 1.82) is 0 Å². The van der Waals surface area contributed by atoms with Crippen molar-refractivity contribution in [1.82, 2.24) is 15.5 Å². The molecule has 0 saturated carbocycles. The van der Waals surface area contributed by atoms with Gasteiger partial charge in [0.05, 0.1) is 33.8 Å². The third-order valence-corrected chi connectivity index (χ3v) is 7.62. The molecule has 12 nitrogen and oxygen atoms in total. The van der Waals surface area contributed by atoms with Gasteiger partial charge in [-0.05, 0) is 32.4 Å². The molecule has 202 valence electrons. The Morgan fingerprint density at radius 2 is 1.87 bits per heavy atom. The van der Waals surface area contributed by atoms with Crippen molar-refractivity contribution >= 4 is 40.7 Å². The molecule has 5 atom stereocenters. The summed E-state index contributed by atoms with van der Waals surface area (Å²) >= 11 is 12.9. The molecule has 0 radical (unpaired) electrons. The summed E-state index contributed by atoms with van der Waals surface area (Å²) in [4.78, 5) is 25.0. The molecule has 0 aliphatic carbocycles. The van der Waals surface area contributed by atoms with Gasteiger partial charge in [0.15, 0.2) is 17.5 Å². The second kappa shape index (κ2) is 9.63. The highest BCUT2D eigenvalue weighted by Gasteiger charge is 2.66. The third kappa shape index (κ3) is 4.27. The molecule has 0 bridgehead atoms. The van der Waals surface area contributed by atoms with Crippen LogP contribution in [0.3, 0.4) is 0 Å². The number of fused-ring (bicyclic) bond motifs is 1. The highest BCUT2D eigenvalue weighted by Crippen LogP contribution is 2.47. The topological polar surface area (TPSA) is 162 Å². The lowest BCUT2D eigenvalue weighted by atomic mass is 9.85. The molecular weight excluding hydrogens is 545 g/mol. The number of allylic oxidation sites excluding steroid dienone is 3. The van der Waals surface area contributed by atoms with Crippen molar-refractivity contribution < 1.29 is 43.2 Å². The number of rotatable bonds is 5. The van der Waals surface area contributed by atoms with E-state index in [9.17, 15) is 19.8 Å². The van der Waals surface area contributed by atoms with Crippen LogP contribution in [0.25, 0.3) is 5.57 Å². The molecule has 1 unspecified atom stereocenters. The Kier molecular flexibility index (Phi) is 6.74. The minimum Gasteiger partial charge on any atom is -0.424 e. The van der Waals surface area contributed by atoms with Gasteiger partial charge in [-0.3, -0.25) is 4.79 Å². The van der Waals surface area contributed by atoms with E-state index in [1.807, 2.05) is 0 Å². The molecule has 4 heterocycles. The van der Waals surface area contributed by atoms with Crippen LogP contribution in [-0.2, 0) is 23.7 Å². The van der Waals surface area contributed by atoms with Crippen LogP contribution in [0.1, 0.15) is 38.1 Å². The molecule has 3 aliphatic heterocycles. The number of carbonyl (C=O) groups is 2. The van der Waals surface area contributed by atoms with E-state index in [4.69, 9.17) is 46.6 Å². The number of benzene rings is 1. The van der Waals surface area contributed by atoms with Gasteiger partial charge in [-0.2, -0.15) is 0 Å². The van der Waals surface area contributed by atoms with Crippen LogP contribution in [0.5, 0.6) is 0 Å². The zero-order valence-electron chi connectivity index (χ0n) is 20.4. The average molecular weight is 568 g/mol. The lowest BCUT2D eigenvalue weighted by molar-refractivity contribution is -0.219. The minimum absolute atomic E-state index is 0.0598. The van der Waals surface area contributed by atoms with E-state index in [1.165, 1.54) is 6.92 Å². The van der Waals surface area contributed by atoms with Gasteiger partial charge in [0.25, 0.3) is 5.79 Å². The Morgan fingerprint density at radius 1 is 1.13 bits per heavy atom. The van der Waals surface area contributed by atoms with Crippen LogP contribution in [-0.4, -0.2) is 69.2 Å². The van der Waals surface area contributed by atoms with Gasteiger partial charge in [0.1, 0.15) is 18.5 Å². The van der Waals surface area contributed by atoms with E-state index in [1.54, 1.807) is 32.0 Å². The molecule has 3 N–H and O–H groups in total. The number of nitrogens with zero attached hydrogens (tertiary/aromatic N) is 2. The van der Waals surface area contributed by atoms with Crippen LogP contribution < -0.4 is 5.32 Å². The number of nitrogens with one attached hydrogen (secondary N) is 1. The fourth-order valence-electron chi connectivity index (χ4n) is 4.89. The van der Waals surface area contributed by atoms with Crippen molar-refractivity contribution in [2.24, 2.45) is 0 Å². The fourth-order valence-corrected chi connectivity index (χ4v) is 5.31. The lowest BCUT2D eigenvalue weighted by Gasteiger charge is -2.31. The molecular formula is C24H23Cl2N3O9. The van der Waals surface area contributed by atoms with Crippen molar-refractivity contribution in [3.63, 3.8) is 0 Å². The molecule has 1 aromatic heterocycles. The van der Waals surface area contributed by atoms with Gasteiger partial charge >= 0.3 is 6.16 Å². The van der Waals surface area contributed by atoms with Crippen LogP contribution in [0.4, 0.5) is 4.79 Å². The number of aromatic nitrogens is 2. The maximum absolute atomic E-state index is 13.1. The molecule has 14 heteroatoms. The summed E-state index contributed by atoms with van der Waals surface area (Å²) in [5.74, 6) is -3.58. The molecule has 2 fully saturated rings. The first-order valence-corrected chi connectivity index (χ1v) is 12.2. The molecule has 5 rings (SSSR count). The number of aliphatic hydroxyl groups is 2. The molecule has 2 aromatic rings. The highest BCUT2D eigenvalue weighted by molar-refractivity contribution is 6.42. The lowest BCUT2D eigenvalue weighted by Crippen LogP contribution is -2.52. The van der Waals surface area contributed by atoms with Crippen LogP contribution in [0.2, 0.25) is 10.0 Å². The summed E-state index contributed by atoms with van der Waals surface area (Å²) in [6.45, 7) is 3.62. The maximum atomic E-state index is 13.1. The zero-order valence-corrected chi connectivity index (χ0v) is 21.9. The summed E-state index contributed by atoms with van der Waals surface area (Å²) in [7, 11) is 0. The van der Waals surface area contributed by atoms with E-state index in [0.29, 0.717) is 22.5 Å². The maximum Gasteiger partial charge on any atom is 0.516 e. The molecule has 0 spiro atoms. The van der Waals surface area contributed by atoms with Gasteiger partial charge < -0.3 is 38.9 Å². The quantitative estimate of drug-likeness (QED) is 0.358. The first kappa shape index (κ1) is 26.6. The number of ketones is 1. The van der Waals surface area contributed by atoms with E-state index in [-0.39, 0.29) is 21.7 Å². The third-order valence-electron chi connectivity index (χ3n) is 6.79. The van der Waals surface area contributed by atoms with Crippen molar-refractivity contribution in [3.8, 4) is 0 Å². The number of halogens is 2. The number of ether oxygens (including phenoxy) is 4. The second-order valence-electron chi connectivity index (χ2n) is 9.22. The van der Waals surface area contributed by atoms with Gasteiger partial charge in [0.2, 0.25) is 12.3 Å². The predicted octanol–water partition coefficient (Wildman–Crippen LogP) is 2.69. The first-order valence-electron chi connectivity index (χ1n) is 11.4. The van der Waals surface area contributed by atoms with Gasteiger partial charge in [-0.15, -0.1) is 10.2 Å². The summed E-state index contributed by atoms with van der Waals surface area (Å²) in [5.41, 5.74) is 0.0176. The summed E-state index contributed by atoms with van der Waals surface area (Å²) < 4.78 is 27.2. The Morgan fingerprint density at radius 3 is 2.55 bits per heavy atom. The number of Topliss-reactive ketones (excluding diaryl/α,β-unsaturated/α-hetero) is 1. The first-order chi connectivity index (χ1) is 18.0. The Labute approximate surface area is 226 Å². The zero-order chi connectivity index (χ0) is 27.4. The van der Waals surface area contributed by atoms with Crippen LogP contribution >= 0.6 is 23.2 Å². The largest absolute Gasteiger partial charge is 0.516 e.